The third-order valence-corrected chi connectivity index (χ3v) is 5.20. The van der Waals surface area contributed by atoms with Gasteiger partial charge in [0, 0.05) is 6.07 Å². The Balaban J connectivity index is 1.55. The standard InChI is InChI=1S/C26H24O4/c1-17(2)19-6-4-18(5-7-19)15-29-22-12-13-23-25(14-22)30-16-24(26(23)27)20-8-10-21(28-3)11-9-20/h4-14,16-17H,15H2,1-3H3. The molecule has 0 bridgehead atoms. The largest absolute Gasteiger partial charge is 0.497 e. The van der Waals surface area contributed by atoms with Crippen LogP contribution in [0.1, 0.15) is 30.9 Å². The number of fused-ring (bicyclic) bond motifs is 1. The van der Waals surface area contributed by atoms with Crippen LogP contribution in [-0.2, 0) is 6.61 Å². The lowest BCUT2D eigenvalue weighted by Crippen LogP contribution is -2.05. The first-order chi connectivity index (χ1) is 14.5. The van der Waals surface area contributed by atoms with E-state index in [1.54, 1.807) is 25.3 Å². The van der Waals surface area contributed by atoms with E-state index in [2.05, 4.69) is 38.1 Å². The maximum atomic E-state index is 12.9. The smallest absolute Gasteiger partial charge is 0.200 e. The van der Waals surface area contributed by atoms with Crippen molar-refractivity contribution in [2.45, 2.75) is 26.4 Å². The normalized spacial score (nSPS) is 11.1. The van der Waals surface area contributed by atoms with Crippen LogP contribution >= 0.6 is 0 Å². The first kappa shape index (κ1) is 19.8. The summed E-state index contributed by atoms with van der Waals surface area (Å²) in [6.45, 7) is 4.81. The van der Waals surface area contributed by atoms with E-state index < -0.39 is 0 Å². The summed E-state index contributed by atoms with van der Waals surface area (Å²) in [4.78, 5) is 12.9. The summed E-state index contributed by atoms with van der Waals surface area (Å²) in [5.41, 5.74) is 4.14. The van der Waals surface area contributed by atoms with Gasteiger partial charge in [0.05, 0.1) is 18.1 Å². The maximum Gasteiger partial charge on any atom is 0.200 e. The molecule has 3 aromatic carbocycles. The van der Waals surface area contributed by atoms with Crippen LogP contribution in [0, 0.1) is 0 Å². The quantitative estimate of drug-likeness (QED) is 0.388. The van der Waals surface area contributed by atoms with E-state index in [1.807, 2.05) is 24.3 Å². The zero-order valence-electron chi connectivity index (χ0n) is 17.3. The van der Waals surface area contributed by atoms with Gasteiger partial charge in [-0.05, 0) is 46.9 Å². The van der Waals surface area contributed by atoms with Crippen LogP contribution in [0.25, 0.3) is 22.1 Å². The lowest BCUT2D eigenvalue weighted by Gasteiger charge is -2.09. The molecule has 0 unspecified atom stereocenters. The molecule has 0 spiro atoms. The van der Waals surface area contributed by atoms with Gasteiger partial charge < -0.3 is 13.9 Å². The monoisotopic (exact) mass is 400 g/mol. The molecule has 0 saturated heterocycles. The minimum atomic E-state index is -0.0720. The maximum absolute atomic E-state index is 12.9. The zero-order valence-corrected chi connectivity index (χ0v) is 17.3. The van der Waals surface area contributed by atoms with Gasteiger partial charge in [-0.1, -0.05) is 50.2 Å². The molecule has 30 heavy (non-hydrogen) atoms. The molecule has 0 amide bonds. The van der Waals surface area contributed by atoms with Crippen LogP contribution in [0.4, 0.5) is 0 Å². The Labute approximate surface area is 175 Å². The van der Waals surface area contributed by atoms with Crippen LogP contribution in [-0.4, -0.2) is 7.11 Å². The van der Waals surface area contributed by atoms with Crippen molar-refractivity contribution < 1.29 is 13.9 Å². The highest BCUT2D eigenvalue weighted by Gasteiger charge is 2.10. The predicted molar refractivity (Wildman–Crippen MR) is 119 cm³/mol. The molecular weight excluding hydrogens is 376 g/mol. The molecule has 1 heterocycles. The van der Waals surface area contributed by atoms with Crippen LogP contribution in [0.5, 0.6) is 11.5 Å². The second kappa shape index (κ2) is 8.46. The molecule has 4 rings (SSSR count). The molecule has 4 aromatic rings. The fraction of sp³-hybridized carbons (Fsp3) is 0.192. The summed E-state index contributed by atoms with van der Waals surface area (Å²) in [5.74, 6) is 1.91. The lowest BCUT2D eigenvalue weighted by molar-refractivity contribution is 0.306. The Bertz CT molecular complexity index is 1200. The van der Waals surface area contributed by atoms with Gasteiger partial charge in [-0.15, -0.1) is 0 Å². The predicted octanol–water partition coefficient (Wildman–Crippen LogP) is 6.17. The van der Waals surface area contributed by atoms with Gasteiger partial charge in [-0.2, -0.15) is 0 Å². The average Bonchev–Trinajstić information content (AvgIpc) is 2.78. The van der Waals surface area contributed by atoms with E-state index in [9.17, 15) is 4.79 Å². The Morgan fingerprint density at radius 1 is 0.900 bits per heavy atom. The number of hydrogen-bond donors (Lipinski definition) is 0. The summed E-state index contributed by atoms with van der Waals surface area (Å²) in [6, 6.07) is 21.1. The van der Waals surface area contributed by atoms with Crippen LogP contribution < -0.4 is 14.9 Å². The van der Waals surface area contributed by atoms with Crippen molar-refractivity contribution in [3.05, 3.63) is 94.3 Å². The minimum absolute atomic E-state index is 0.0720. The molecule has 1 aromatic heterocycles. The first-order valence-electron chi connectivity index (χ1n) is 9.97. The van der Waals surface area contributed by atoms with Gasteiger partial charge in [-0.25, -0.2) is 0 Å². The second-order valence-corrected chi connectivity index (χ2v) is 7.55. The van der Waals surface area contributed by atoms with E-state index in [-0.39, 0.29) is 5.43 Å². The Kier molecular flexibility index (Phi) is 5.57. The third-order valence-electron chi connectivity index (χ3n) is 5.20. The van der Waals surface area contributed by atoms with Gasteiger partial charge in [0.15, 0.2) is 5.43 Å². The fourth-order valence-electron chi connectivity index (χ4n) is 3.33. The number of ether oxygens (including phenoxy) is 2. The zero-order chi connectivity index (χ0) is 21.1. The molecule has 4 nitrogen and oxygen atoms in total. The van der Waals surface area contributed by atoms with Gasteiger partial charge in [0.25, 0.3) is 0 Å². The molecule has 0 aliphatic rings. The highest BCUT2D eigenvalue weighted by atomic mass is 16.5. The molecule has 0 saturated carbocycles. The van der Waals surface area contributed by atoms with Gasteiger partial charge in [0.2, 0.25) is 0 Å². The van der Waals surface area contributed by atoms with Crippen molar-refractivity contribution in [1.29, 1.82) is 0 Å². The van der Waals surface area contributed by atoms with Crippen LogP contribution in [0.3, 0.4) is 0 Å². The van der Waals surface area contributed by atoms with Crippen molar-refractivity contribution in [2.75, 3.05) is 7.11 Å². The van der Waals surface area contributed by atoms with Crippen molar-refractivity contribution in [3.8, 4) is 22.6 Å². The molecule has 152 valence electrons. The lowest BCUT2D eigenvalue weighted by atomic mass is 10.0. The highest BCUT2D eigenvalue weighted by Crippen LogP contribution is 2.25. The summed E-state index contributed by atoms with van der Waals surface area (Å²) in [6.07, 6.45) is 1.50. The van der Waals surface area contributed by atoms with E-state index in [0.29, 0.717) is 34.8 Å². The number of methoxy groups -OCH3 is 1. The summed E-state index contributed by atoms with van der Waals surface area (Å²) < 4.78 is 16.8. The molecule has 0 radical (unpaired) electrons. The Morgan fingerprint density at radius 3 is 2.27 bits per heavy atom. The van der Waals surface area contributed by atoms with Gasteiger partial charge in [0.1, 0.15) is 30.0 Å². The van der Waals surface area contributed by atoms with Gasteiger partial charge >= 0.3 is 0 Å². The summed E-state index contributed by atoms with van der Waals surface area (Å²) in [7, 11) is 1.61. The van der Waals surface area contributed by atoms with E-state index in [4.69, 9.17) is 13.9 Å². The third kappa shape index (κ3) is 4.08. The highest BCUT2D eigenvalue weighted by molar-refractivity contribution is 5.82. The number of rotatable bonds is 6. The number of hydrogen-bond acceptors (Lipinski definition) is 4. The van der Waals surface area contributed by atoms with E-state index >= 15 is 0 Å². The van der Waals surface area contributed by atoms with Gasteiger partial charge in [-0.3, -0.25) is 4.79 Å². The van der Waals surface area contributed by atoms with Crippen molar-refractivity contribution >= 4 is 11.0 Å². The molecule has 0 fully saturated rings. The number of benzene rings is 3. The molecule has 0 aliphatic carbocycles. The second-order valence-electron chi connectivity index (χ2n) is 7.55. The van der Waals surface area contributed by atoms with Crippen LogP contribution in [0.2, 0.25) is 0 Å². The fourth-order valence-corrected chi connectivity index (χ4v) is 3.33. The molecule has 0 atom stereocenters. The van der Waals surface area contributed by atoms with E-state index in [0.717, 1.165) is 16.9 Å². The summed E-state index contributed by atoms with van der Waals surface area (Å²) >= 11 is 0. The SMILES string of the molecule is COc1ccc(-c2coc3cc(OCc4ccc(C(C)C)cc4)ccc3c2=O)cc1. The van der Waals surface area contributed by atoms with Crippen molar-refractivity contribution in [3.63, 3.8) is 0 Å². The first-order valence-corrected chi connectivity index (χ1v) is 9.97. The Morgan fingerprint density at radius 2 is 1.60 bits per heavy atom. The van der Waals surface area contributed by atoms with E-state index in [1.165, 1.54) is 11.8 Å². The van der Waals surface area contributed by atoms with Crippen molar-refractivity contribution in [2.24, 2.45) is 0 Å². The molecular formula is C26H24O4. The minimum Gasteiger partial charge on any atom is -0.497 e. The van der Waals surface area contributed by atoms with Crippen molar-refractivity contribution in [1.82, 2.24) is 0 Å². The topological polar surface area (TPSA) is 48.7 Å². The molecule has 4 heteroatoms. The molecule has 0 aliphatic heterocycles. The molecule has 0 N–H and O–H groups in total. The average molecular weight is 400 g/mol. The Hall–Kier alpha value is -3.53. The summed E-state index contributed by atoms with van der Waals surface area (Å²) in [5, 5.41) is 0.525. The van der Waals surface area contributed by atoms with Crippen LogP contribution in [0.15, 0.2) is 82.2 Å².